The molecule has 0 fully saturated rings. The Bertz CT molecular complexity index is 686. The highest BCUT2D eigenvalue weighted by molar-refractivity contribution is 5.85. The molecule has 2 aromatic rings. The number of rotatable bonds is 10. The van der Waals surface area contributed by atoms with Gasteiger partial charge in [0.05, 0.1) is 7.11 Å². The van der Waals surface area contributed by atoms with E-state index in [-0.39, 0.29) is 5.91 Å². The molecule has 138 valence electrons. The lowest BCUT2D eigenvalue weighted by atomic mass is 10.0. The van der Waals surface area contributed by atoms with Crippen LogP contribution in [0.4, 0.5) is 0 Å². The van der Waals surface area contributed by atoms with Crippen LogP contribution in [-0.2, 0) is 16.1 Å². The first kappa shape index (κ1) is 19.5. The number of nitrogens with zero attached hydrogens (tertiary/aromatic N) is 1. The van der Waals surface area contributed by atoms with E-state index >= 15 is 0 Å². The van der Waals surface area contributed by atoms with E-state index in [1.165, 1.54) is 0 Å². The molecule has 1 atom stereocenters. The van der Waals surface area contributed by atoms with Crippen LogP contribution in [0.3, 0.4) is 0 Å². The van der Waals surface area contributed by atoms with Crippen LogP contribution in [0, 0.1) is 0 Å². The Kier molecular flexibility index (Phi) is 7.68. The summed E-state index contributed by atoms with van der Waals surface area (Å²) in [6.07, 6.45) is 2.55. The summed E-state index contributed by atoms with van der Waals surface area (Å²) < 4.78 is 5.18. The molecule has 0 saturated carbocycles. The number of methoxy groups -OCH3 is 1. The number of hydrogen-bond donors (Lipinski definition) is 1. The lowest BCUT2D eigenvalue weighted by Crippen LogP contribution is -2.40. The predicted molar refractivity (Wildman–Crippen MR) is 102 cm³/mol. The third-order valence-corrected chi connectivity index (χ3v) is 4.23. The van der Waals surface area contributed by atoms with Crippen LogP contribution in [0.25, 0.3) is 0 Å². The first-order chi connectivity index (χ1) is 12.7. The third-order valence-electron chi connectivity index (χ3n) is 4.23. The Morgan fingerprint density at radius 1 is 1.15 bits per heavy atom. The average Bonchev–Trinajstić information content (AvgIpc) is 2.70. The van der Waals surface area contributed by atoms with Gasteiger partial charge in [0, 0.05) is 13.1 Å². The van der Waals surface area contributed by atoms with Crippen LogP contribution in [0.15, 0.2) is 54.6 Å². The van der Waals surface area contributed by atoms with E-state index in [4.69, 9.17) is 4.74 Å². The highest BCUT2D eigenvalue weighted by atomic mass is 16.5. The minimum atomic E-state index is -0.659. The second-order valence-corrected chi connectivity index (χ2v) is 6.08. The van der Waals surface area contributed by atoms with Crippen molar-refractivity contribution >= 4 is 12.3 Å². The van der Waals surface area contributed by atoms with Crippen molar-refractivity contribution in [3.05, 3.63) is 65.7 Å². The number of carbonyl (C=O) groups excluding carboxylic acids is 2. The SMILES string of the molecule is CCCCN(C=O)C(C(=O)NCc1ccccc1)c1ccc(OC)cc1. The molecule has 1 N–H and O–H groups in total. The molecule has 0 aliphatic rings. The number of ether oxygens (including phenoxy) is 1. The van der Waals surface area contributed by atoms with E-state index in [1.807, 2.05) is 42.5 Å². The van der Waals surface area contributed by atoms with Gasteiger partial charge in [0.25, 0.3) is 0 Å². The summed E-state index contributed by atoms with van der Waals surface area (Å²) in [4.78, 5) is 26.1. The number of nitrogens with one attached hydrogen (secondary N) is 1. The van der Waals surface area contributed by atoms with Gasteiger partial charge in [0.1, 0.15) is 11.8 Å². The monoisotopic (exact) mass is 354 g/mol. The molecule has 0 aliphatic carbocycles. The molecule has 1 unspecified atom stereocenters. The minimum Gasteiger partial charge on any atom is -0.497 e. The fourth-order valence-corrected chi connectivity index (χ4v) is 2.74. The minimum absolute atomic E-state index is 0.192. The van der Waals surface area contributed by atoms with Gasteiger partial charge in [0.15, 0.2) is 0 Å². The summed E-state index contributed by atoms with van der Waals surface area (Å²) in [5.74, 6) is 0.519. The van der Waals surface area contributed by atoms with Crippen molar-refractivity contribution in [3.8, 4) is 5.75 Å². The zero-order chi connectivity index (χ0) is 18.8. The molecule has 2 aromatic carbocycles. The first-order valence-corrected chi connectivity index (χ1v) is 8.86. The fourth-order valence-electron chi connectivity index (χ4n) is 2.74. The fraction of sp³-hybridized carbons (Fsp3) is 0.333. The van der Waals surface area contributed by atoms with Crippen molar-refractivity contribution in [2.45, 2.75) is 32.4 Å². The lowest BCUT2D eigenvalue weighted by Gasteiger charge is -2.28. The summed E-state index contributed by atoms with van der Waals surface area (Å²) >= 11 is 0. The highest BCUT2D eigenvalue weighted by Crippen LogP contribution is 2.23. The van der Waals surface area contributed by atoms with Gasteiger partial charge in [-0.1, -0.05) is 55.8 Å². The molecule has 0 aliphatic heterocycles. The van der Waals surface area contributed by atoms with Crippen LogP contribution in [0.5, 0.6) is 5.75 Å². The second kappa shape index (κ2) is 10.2. The normalized spacial score (nSPS) is 11.5. The van der Waals surface area contributed by atoms with Crippen LogP contribution >= 0.6 is 0 Å². The molecule has 0 saturated heterocycles. The van der Waals surface area contributed by atoms with Gasteiger partial charge in [-0.2, -0.15) is 0 Å². The molecule has 2 rings (SSSR count). The summed E-state index contributed by atoms with van der Waals surface area (Å²) in [6, 6.07) is 16.3. The summed E-state index contributed by atoms with van der Waals surface area (Å²) in [7, 11) is 1.60. The van der Waals surface area contributed by atoms with E-state index < -0.39 is 6.04 Å². The third kappa shape index (κ3) is 5.34. The number of hydrogen-bond acceptors (Lipinski definition) is 3. The quantitative estimate of drug-likeness (QED) is 0.666. The van der Waals surface area contributed by atoms with Crippen molar-refractivity contribution < 1.29 is 14.3 Å². The van der Waals surface area contributed by atoms with Gasteiger partial charge in [-0.25, -0.2) is 0 Å². The maximum absolute atomic E-state index is 12.9. The summed E-state index contributed by atoms with van der Waals surface area (Å²) in [5, 5.41) is 2.95. The second-order valence-electron chi connectivity index (χ2n) is 6.08. The van der Waals surface area contributed by atoms with Crippen LogP contribution < -0.4 is 10.1 Å². The molecule has 0 bridgehead atoms. The molecular weight excluding hydrogens is 328 g/mol. The first-order valence-electron chi connectivity index (χ1n) is 8.86. The van der Waals surface area contributed by atoms with Gasteiger partial charge >= 0.3 is 0 Å². The van der Waals surface area contributed by atoms with Crippen molar-refractivity contribution in [2.24, 2.45) is 0 Å². The van der Waals surface area contributed by atoms with Gasteiger partial charge in [-0.15, -0.1) is 0 Å². The summed E-state index contributed by atoms with van der Waals surface area (Å²) in [5.41, 5.74) is 1.78. The standard InChI is InChI=1S/C21H26N2O3/c1-3-4-14-23(16-24)20(18-10-12-19(26-2)13-11-18)21(25)22-15-17-8-6-5-7-9-17/h5-13,16,20H,3-4,14-15H2,1-2H3,(H,22,25). The number of benzene rings is 2. The number of carbonyl (C=O) groups is 2. The van der Waals surface area contributed by atoms with Crippen molar-refractivity contribution in [2.75, 3.05) is 13.7 Å². The maximum Gasteiger partial charge on any atom is 0.247 e. The van der Waals surface area contributed by atoms with E-state index in [9.17, 15) is 9.59 Å². The molecule has 5 heteroatoms. The highest BCUT2D eigenvalue weighted by Gasteiger charge is 2.26. The Labute approximate surface area is 155 Å². The van der Waals surface area contributed by atoms with Crippen molar-refractivity contribution in [1.82, 2.24) is 10.2 Å². The average molecular weight is 354 g/mol. The number of amides is 2. The van der Waals surface area contributed by atoms with Gasteiger partial charge < -0.3 is 15.0 Å². The Hall–Kier alpha value is -2.82. The molecular formula is C21H26N2O3. The van der Waals surface area contributed by atoms with Gasteiger partial charge in [-0.3, -0.25) is 9.59 Å². The topological polar surface area (TPSA) is 58.6 Å². The number of unbranched alkanes of at least 4 members (excludes halogenated alkanes) is 1. The maximum atomic E-state index is 12.9. The Morgan fingerprint density at radius 2 is 1.85 bits per heavy atom. The Morgan fingerprint density at radius 3 is 2.42 bits per heavy atom. The van der Waals surface area contributed by atoms with E-state index in [1.54, 1.807) is 24.1 Å². The van der Waals surface area contributed by atoms with Crippen molar-refractivity contribution in [3.63, 3.8) is 0 Å². The van der Waals surface area contributed by atoms with Crippen LogP contribution in [0.1, 0.15) is 36.9 Å². The molecule has 0 aromatic heterocycles. The zero-order valence-corrected chi connectivity index (χ0v) is 15.4. The van der Waals surface area contributed by atoms with Gasteiger partial charge in [-0.05, 0) is 29.7 Å². The molecule has 2 amide bonds. The molecule has 0 radical (unpaired) electrons. The Balaban J connectivity index is 2.19. The molecule has 5 nitrogen and oxygen atoms in total. The van der Waals surface area contributed by atoms with E-state index in [2.05, 4.69) is 12.2 Å². The van der Waals surface area contributed by atoms with Crippen molar-refractivity contribution in [1.29, 1.82) is 0 Å². The molecule has 0 heterocycles. The van der Waals surface area contributed by atoms with E-state index in [0.717, 1.165) is 30.4 Å². The molecule has 0 spiro atoms. The largest absolute Gasteiger partial charge is 0.497 e. The summed E-state index contributed by atoms with van der Waals surface area (Å²) in [6.45, 7) is 3.02. The van der Waals surface area contributed by atoms with E-state index in [0.29, 0.717) is 18.8 Å². The lowest BCUT2D eigenvalue weighted by molar-refractivity contribution is -0.133. The van der Waals surface area contributed by atoms with Crippen LogP contribution in [0.2, 0.25) is 0 Å². The zero-order valence-electron chi connectivity index (χ0n) is 15.4. The molecule has 26 heavy (non-hydrogen) atoms. The smallest absolute Gasteiger partial charge is 0.247 e. The van der Waals surface area contributed by atoms with Crippen LogP contribution in [-0.4, -0.2) is 30.9 Å². The predicted octanol–water partition coefficient (Wildman–Crippen LogP) is 3.31. The van der Waals surface area contributed by atoms with Gasteiger partial charge in [0.2, 0.25) is 12.3 Å².